The van der Waals surface area contributed by atoms with Crippen molar-refractivity contribution in [3.8, 4) is 0 Å². The minimum Gasteiger partial charge on any atom is -0.475 e. The second kappa shape index (κ2) is 11.5. The van der Waals surface area contributed by atoms with E-state index in [4.69, 9.17) is 9.90 Å². The molecule has 0 saturated carbocycles. The molecule has 2 heterocycles. The van der Waals surface area contributed by atoms with E-state index in [2.05, 4.69) is 67.6 Å². The van der Waals surface area contributed by atoms with E-state index in [0.717, 1.165) is 0 Å². The van der Waals surface area contributed by atoms with Crippen LogP contribution in [0.4, 0.5) is 29.1 Å². The van der Waals surface area contributed by atoms with E-state index in [0.29, 0.717) is 10.2 Å². The van der Waals surface area contributed by atoms with Crippen molar-refractivity contribution in [2.45, 2.75) is 6.18 Å². The monoisotopic (exact) mass is 612 g/mol. The van der Waals surface area contributed by atoms with Gasteiger partial charge in [0.2, 0.25) is 11.7 Å². The Hall–Kier alpha value is -3.60. The zero-order valence-electron chi connectivity index (χ0n) is 16.1. The number of carbonyl (C=O) groups excluding carboxylic acids is 1. The SMILES string of the molecule is O=C(Nc1nonc1/C(=N\O)Nc1ccc(F)c(Br)c1)c1cncc(Br)c1.O=C(O)C(F)(F)F. The molecule has 0 spiro atoms. The van der Waals surface area contributed by atoms with Crippen LogP contribution in [0.25, 0.3) is 0 Å². The number of amidine groups is 1. The third-order valence-corrected chi connectivity index (χ3v) is 4.48. The van der Waals surface area contributed by atoms with Gasteiger partial charge in [0.15, 0.2) is 5.69 Å². The minimum atomic E-state index is -5.08. The Kier molecular flexibility index (Phi) is 9.02. The molecule has 3 rings (SSSR count). The predicted octanol–water partition coefficient (Wildman–Crippen LogP) is 4.26. The summed E-state index contributed by atoms with van der Waals surface area (Å²) in [7, 11) is 0. The number of alkyl halides is 3. The summed E-state index contributed by atoms with van der Waals surface area (Å²) in [5.74, 6) is -3.99. The zero-order chi connectivity index (χ0) is 25.5. The molecule has 1 amide bonds. The fourth-order valence-corrected chi connectivity index (χ4v) is 2.73. The highest BCUT2D eigenvalue weighted by atomic mass is 79.9. The molecular formula is C17H10Br2F4N6O5. The molecule has 3 aromatic rings. The molecule has 11 nitrogen and oxygen atoms in total. The fraction of sp³-hybridized carbons (Fsp3) is 0.0588. The number of anilines is 2. The maximum absolute atomic E-state index is 13.3. The smallest absolute Gasteiger partial charge is 0.475 e. The summed E-state index contributed by atoms with van der Waals surface area (Å²) in [5, 5.41) is 32.0. The van der Waals surface area contributed by atoms with E-state index in [-0.39, 0.29) is 27.4 Å². The zero-order valence-corrected chi connectivity index (χ0v) is 19.3. The topological polar surface area (TPSA) is 163 Å². The third kappa shape index (κ3) is 7.48. The molecule has 1 aromatic carbocycles. The van der Waals surface area contributed by atoms with Crippen LogP contribution in [0, 0.1) is 5.82 Å². The summed E-state index contributed by atoms with van der Waals surface area (Å²) >= 11 is 6.28. The van der Waals surface area contributed by atoms with Crippen LogP contribution >= 0.6 is 31.9 Å². The Balaban J connectivity index is 0.000000509. The molecular weight excluding hydrogens is 604 g/mol. The highest BCUT2D eigenvalue weighted by molar-refractivity contribution is 9.10. The van der Waals surface area contributed by atoms with Gasteiger partial charge in [-0.05, 0) is 66.4 Å². The maximum atomic E-state index is 13.3. The van der Waals surface area contributed by atoms with Crippen LogP contribution in [0.1, 0.15) is 16.1 Å². The predicted molar refractivity (Wildman–Crippen MR) is 114 cm³/mol. The normalized spacial score (nSPS) is 11.3. The molecule has 0 aliphatic rings. The van der Waals surface area contributed by atoms with E-state index < -0.39 is 23.9 Å². The van der Waals surface area contributed by atoms with Crippen LogP contribution in [0.2, 0.25) is 0 Å². The Morgan fingerprint density at radius 2 is 1.76 bits per heavy atom. The number of pyridine rings is 1. The fourth-order valence-electron chi connectivity index (χ4n) is 1.98. The third-order valence-electron chi connectivity index (χ3n) is 3.44. The van der Waals surface area contributed by atoms with Crippen molar-refractivity contribution in [3.63, 3.8) is 0 Å². The molecule has 0 radical (unpaired) electrons. The van der Waals surface area contributed by atoms with Crippen LogP contribution < -0.4 is 10.6 Å². The van der Waals surface area contributed by atoms with E-state index in [1.165, 1.54) is 30.6 Å². The Labute approximate surface area is 203 Å². The number of aliphatic carboxylic acids is 1. The first-order valence-electron chi connectivity index (χ1n) is 8.41. The molecule has 0 aliphatic heterocycles. The number of carbonyl (C=O) groups is 2. The van der Waals surface area contributed by atoms with Crippen molar-refractivity contribution in [2.75, 3.05) is 10.6 Å². The summed E-state index contributed by atoms with van der Waals surface area (Å²) in [6.07, 6.45) is -2.19. The summed E-state index contributed by atoms with van der Waals surface area (Å²) < 4.78 is 50.5. The molecule has 0 atom stereocenters. The van der Waals surface area contributed by atoms with Gasteiger partial charge < -0.3 is 20.9 Å². The van der Waals surface area contributed by atoms with Gasteiger partial charge in [0.05, 0.1) is 10.0 Å². The molecule has 17 heteroatoms. The standard InChI is InChI=1S/C15H9Br2FN6O3.C2HF3O2/c16-8-3-7(5-19-6-8)15(25)21-14-12(23-27-24-14)13(22-26)20-9-1-2-11(18)10(17)4-9;3-2(4,5)1(6)7/h1-6,26H,(H,20,22)(H,21,24,25);(H,6,7). The van der Waals surface area contributed by atoms with Crippen LogP contribution in [0.15, 0.2) is 55.4 Å². The van der Waals surface area contributed by atoms with Gasteiger partial charge in [-0.3, -0.25) is 9.78 Å². The molecule has 0 unspecified atom stereocenters. The molecule has 0 aliphatic carbocycles. The van der Waals surface area contributed by atoms with Crippen LogP contribution in [0.3, 0.4) is 0 Å². The number of nitrogens with zero attached hydrogens (tertiary/aromatic N) is 4. The lowest BCUT2D eigenvalue weighted by Gasteiger charge is -2.08. The van der Waals surface area contributed by atoms with E-state index in [1.807, 2.05) is 0 Å². The van der Waals surface area contributed by atoms with Crippen LogP contribution in [0.5, 0.6) is 0 Å². The van der Waals surface area contributed by atoms with Gasteiger partial charge in [-0.1, -0.05) is 5.16 Å². The lowest BCUT2D eigenvalue weighted by molar-refractivity contribution is -0.192. The Bertz CT molecular complexity index is 1220. The van der Waals surface area contributed by atoms with Gasteiger partial charge in [-0.15, -0.1) is 0 Å². The van der Waals surface area contributed by atoms with Gasteiger partial charge >= 0.3 is 12.1 Å². The van der Waals surface area contributed by atoms with E-state index in [1.54, 1.807) is 6.07 Å². The number of hydrogen-bond donors (Lipinski definition) is 4. The van der Waals surface area contributed by atoms with Crippen molar-refractivity contribution in [2.24, 2.45) is 5.16 Å². The molecule has 180 valence electrons. The van der Waals surface area contributed by atoms with Gasteiger partial charge in [-0.25, -0.2) is 13.8 Å². The van der Waals surface area contributed by atoms with Crippen LogP contribution in [-0.4, -0.2) is 49.5 Å². The number of rotatable bonds is 4. The molecule has 0 bridgehead atoms. The maximum Gasteiger partial charge on any atom is 0.490 e. The number of carboxylic acids is 1. The Morgan fingerprint density at radius 3 is 2.32 bits per heavy atom. The highest BCUT2D eigenvalue weighted by Gasteiger charge is 2.38. The van der Waals surface area contributed by atoms with Gasteiger partial charge in [0.1, 0.15) is 5.82 Å². The number of aromatic nitrogens is 3. The first kappa shape index (κ1) is 26.7. The van der Waals surface area contributed by atoms with Gasteiger partial charge in [-0.2, -0.15) is 13.2 Å². The van der Waals surface area contributed by atoms with Crippen molar-refractivity contribution in [1.29, 1.82) is 0 Å². The molecule has 0 fully saturated rings. The number of hydrogen-bond acceptors (Lipinski definition) is 8. The molecule has 0 saturated heterocycles. The summed E-state index contributed by atoms with van der Waals surface area (Å²) in [4.78, 5) is 25.1. The summed E-state index contributed by atoms with van der Waals surface area (Å²) in [5.41, 5.74) is 0.595. The van der Waals surface area contributed by atoms with Crippen LogP contribution in [-0.2, 0) is 4.79 Å². The summed E-state index contributed by atoms with van der Waals surface area (Å²) in [6.45, 7) is 0. The van der Waals surface area contributed by atoms with Crippen molar-refractivity contribution >= 4 is 61.1 Å². The minimum absolute atomic E-state index is 0.0609. The highest BCUT2D eigenvalue weighted by Crippen LogP contribution is 2.22. The van der Waals surface area contributed by atoms with E-state index >= 15 is 0 Å². The summed E-state index contributed by atoms with van der Waals surface area (Å²) in [6, 6.07) is 5.62. The lowest BCUT2D eigenvalue weighted by atomic mass is 10.2. The molecule has 34 heavy (non-hydrogen) atoms. The number of halogens is 6. The lowest BCUT2D eigenvalue weighted by Crippen LogP contribution is -2.21. The second-order valence-electron chi connectivity index (χ2n) is 5.81. The van der Waals surface area contributed by atoms with Crippen molar-refractivity contribution < 1.29 is 42.1 Å². The number of nitrogens with one attached hydrogen (secondary N) is 2. The largest absolute Gasteiger partial charge is 0.490 e. The van der Waals surface area contributed by atoms with E-state index in [9.17, 15) is 27.6 Å². The number of carboxylic acid groups (broad SMARTS) is 1. The molecule has 2 aromatic heterocycles. The van der Waals surface area contributed by atoms with Gasteiger partial charge in [0, 0.05) is 22.6 Å². The van der Waals surface area contributed by atoms with Gasteiger partial charge in [0.25, 0.3) is 5.91 Å². The van der Waals surface area contributed by atoms with Crippen molar-refractivity contribution in [1.82, 2.24) is 15.3 Å². The number of amides is 1. The quantitative estimate of drug-likeness (QED) is 0.111. The number of benzene rings is 1. The van der Waals surface area contributed by atoms with Crippen molar-refractivity contribution in [3.05, 3.63) is 62.7 Å². The number of oxime groups is 1. The molecule has 4 N–H and O–H groups in total. The average molecular weight is 614 g/mol. The Morgan fingerprint density at radius 1 is 1.09 bits per heavy atom. The average Bonchev–Trinajstić information content (AvgIpc) is 3.22. The first-order valence-corrected chi connectivity index (χ1v) is 10.00. The second-order valence-corrected chi connectivity index (χ2v) is 7.58. The first-order chi connectivity index (χ1) is 15.9.